The molecule has 12 heteroatoms. The number of methoxy groups -OCH3 is 1. The number of rotatable bonds is 12. The van der Waals surface area contributed by atoms with E-state index in [2.05, 4.69) is 4.74 Å². The fraction of sp³-hybridized carbons (Fsp3) is 0.317. The first kappa shape index (κ1) is 20.2. The van der Waals surface area contributed by atoms with Crippen molar-refractivity contribution in [3.8, 4) is 11.1 Å². The third-order valence-electron chi connectivity index (χ3n) is 7.60. The minimum Gasteiger partial charge on any atom is -0.383 e. The standard InChI is InChI=1S/C41H40F5N3O3S/c1-27-6-15-34-36(22-27)49(39(23-37(34)50)53-26-31-4-3-5-35(42)40(31)43)25-38(51)48(33-16-18-47(19-17-33)20-21-52-2)24-28-7-9-29(10-8-28)30-11-13-32(14-12-30)41(44,45)46/h3-15,22-23,33H,16-21,24-26H2,1-2H3/i2D3,6D,15D,16D2,17D2,18D2,19D2,22D,23D,25D2,26D2,33D. The van der Waals surface area contributed by atoms with Gasteiger partial charge >= 0.3 is 6.18 Å². The van der Waals surface area contributed by atoms with Gasteiger partial charge in [0.15, 0.2) is 17.1 Å². The number of likely N-dealkylation sites (tertiary alicyclic amines) is 1. The summed E-state index contributed by atoms with van der Waals surface area (Å²) in [6, 6.07) is 1.74. The summed E-state index contributed by atoms with van der Waals surface area (Å²) in [4.78, 5) is 29.3. The number of pyridine rings is 1. The zero-order chi connectivity index (χ0) is 55.4. The first-order valence-electron chi connectivity index (χ1n) is 25.4. The molecule has 0 radical (unpaired) electrons. The number of benzene rings is 4. The second-order valence-electron chi connectivity index (χ2n) is 11.2. The molecule has 1 aliphatic heterocycles. The van der Waals surface area contributed by atoms with E-state index in [0.717, 1.165) is 55.5 Å². The van der Waals surface area contributed by atoms with Crippen LogP contribution in [0.4, 0.5) is 22.0 Å². The van der Waals surface area contributed by atoms with E-state index in [0.29, 0.717) is 6.07 Å². The van der Waals surface area contributed by atoms with Gasteiger partial charge in [-0.05, 0) is 72.2 Å². The van der Waals surface area contributed by atoms with E-state index in [-0.39, 0.29) is 31.1 Å². The Kier molecular flexibility index (Phi) is 6.36. The van der Waals surface area contributed by atoms with Gasteiger partial charge in [0.2, 0.25) is 5.91 Å². The minimum absolute atomic E-state index is 0.0410. The van der Waals surface area contributed by atoms with Crippen LogP contribution in [-0.2, 0) is 34.5 Å². The van der Waals surface area contributed by atoms with Crippen LogP contribution in [0.15, 0.2) is 101 Å². The number of halogens is 5. The lowest BCUT2D eigenvalue weighted by molar-refractivity contribution is -0.137. The molecule has 0 saturated carbocycles. The van der Waals surface area contributed by atoms with Gasteiger partial charge in [-0.25, -0.2) is 8.78 Å². The molecule has 1 aromatic heterocycles. The van der Waals surface area contributed by atoms with Crippen molar-refractivity contribution in [2.75, 3.05) is 33.2 Å². The summed E-state index contributed by atoms with van der Waals surface area (Å²) in [6.07, 6.45) is -13.3. The molecule has 2 heterocycles. The summed E-state index contributed by atoms with van der Waals surface area (Å²) in [7, 11) is -3.18. The van der Waals surface area contributed by atoms with Gasteiger partial charge in [0.05, 0.1) is 36.4 Å². The number of aromatic nitrogens is 1. The van der Waals surface area contributed by atoms with Crippen LogP contribution in [0, 0.1) is 18.6 Å². The number of carbonyl (C=O) groups excluding carboxylic acids is 1. The molecule has 278 valence electrons. The normalized spacial score (nSPS) is 24.9. The quantitative estimate of drug-likeness (QED) is 0.0940. The average molecular weight is 770 g/mol. The van der Waals surface area contributed by atoms with E-state index in [4.69, 9.17) is 17.8 Å². The molecule has 4 aromatic carbocycles. The lowest BCUT2D eigenvalue weighted by Crippen LogP contribution is -2.48. The van der Waals surface area contributed by atoms with E-state index in [1.54, 1.807) is 0 Å². The van der Waals surface area contributed by atoms with Crippen LogP contribution in [0.1, 0.15) is 62.4 Å². The smallest absolute Gasteiger partial charge is 0.383 e. The van der Waals surface area contributed by atoms with E-state index in [1.165, 1.54) is 12.1 Å². The number of carbonyl (C=O) groups is 1. The average Bonchev–Trinajstić information content (AvgIpc) is 3.28. The molecule has 5 aromatic rings. The van der Waals surface area contributed by atoms with Crippen molar-refractivity contribution in [3.05, 3.63) is 135 Å². The number of thioether (sulfide) groups is 1. The molecular formula is C41H40F5N3O3S. The third-order valence-corrected chi connectivity index (χ3v) is 8.40. The van der Waals surface area contributed by atoms with Gasteiger partial charge in [-0.15, -0.1) is 11.8 Å². The Bertz CT molecular complexity index is 3020. The monoisotopic (exact) mass is 769 g/mol. The molecule has 53 heavy (non-hydrogen) atoms. The lowest BCUT2D eigenvalue weighted by Gasteiger charge is -2.39. The van der Waals surface area contributed by atoms with Crippen LogP contribution >= 0.6 is 11.8 Å². The molecule has 0 N–H and O–H groups in total. The van der Waals surface area contributed by atoms with E-state index < -0.39 is 168 Å². The van der Waals surface area contributed by atoms with Crippen molar-refractivity contribution in [1.29, 1.82) is 0 Å². The number of nitrogens with zero attached hydrogens (tertiary/aromatic N) is 3. The van der Waals surface area contributed by atoms with Gasteiger partial charge in [0, 0.05) is 75.5 Å². The Balaban J connectivity index is 1.67. The highest BCUT2D eigenvalue weighted by molar-refractivity contribution is 7.98. The van der Waals surface area contributed by atoms with Crippen LogP contribution < -0.4 is 5.43 Å². The molecular weight excluding hydrogens is 710 g/mol. The van der Waals surface area contributed by atoms with Crippen LogP contribution in [0.5, 0.6) is 0 Å². The fourth-order valence-electron chi connectivity index (χ4n) is 4.93. The molecule has 0 aliphatic carbocycles. The first-order valence-corrected chi connectivity index (χ1v) is 16.3. The number of fused-ring (bicyclic) bond motifs is 1. The van der Waals surface area contributed by atoms with Crippen molar-refractivity contribution in [2.45, 2.75) is 55.6 Å². The number of ether oxygens (including phenoxy) is 1. The predicted molar refractivity (Wildman–Crippen MR) is 198 cm³/mol. The van der Waals surface area contributed by atoms with Gasteiger partial charge in [0.1, 0.15) is 6.50 Å². The summed E-state index contributed by atoms with van der Waals surface area (Å²) in [5.41, 5.74) is -8.64. The van der Waals surface area contributed by atoms with Crippen LogP contribution in [0.3, 0.4) is 0 Å². The molecule has 0 unspecified atom stereocenters. The van der Waals surface area contributed by atoms with E-state index >= 15 is 9.18 Å². The Morgan fingerprint density at radius 3 is 2.43 bits per heavy atom. The molecule has 1 saturated heterocycles. The Morgan fingerprint density at radius 2 is 1.75 bits per heavy atom. The first-order chi connectivity index (χ1) is 33.1. The van der Waals surface area contributed by atoms with Crippen LogP contribution in [-0.4, -0.2) is 59.5 Å². The van der Waals surface area contributed by atoms with E-state index in [1.807, 2.05) is 0 Å². The number of hydrogen-bond acceptors (Lipinski definition) is 5. The highest BCUT2D eigenvalue weighted by Gasteiger charge is 2.31. The van der Waals surface area contributed by atoms with E-state index in [9.17, 15) is 32.0 Å². The third kappa shape index (κ3) is 9.17. The summed E-state index contributed by atoms with van der Waals surface area (Å²) < 4.78 is 251. The Morgan fingerprint density at radius 1 is 1.06 bits per heavy atom. The maximum absolute atomic E-state index is 15.7. The molecule has 0 spiro atoms. The van der Waals surface area contributed by atoms with Gasteiger partial charge < -0.3 is 19.1 Å². The molecule has 1 fully saturated rings. The molecule has 1 amide bonds. The highest BCUT2D eigenvalue weighted by Crippen LogP contribution is 2.32. The van der Waals surface area contributed by atoms with Crippen molar-refractivity contribution in [1.82, 2.24) is 14.4 Å². The SMILES string of the molecule is [2H]c1c(C)c([2H])c2c(c1[2H])c(=O)c([2H])c(SC([2H])([2H])c1cccc(F)c1F)n2C([2H])([2H])C(=O)N(Cc1ccc(-c2ccc(C(F)(F)F)cc2)cc1)C1([2H])C([2H])([2H])C([2H])([2H])N(CCOC([2H])([2H])[2H])C([2H])([2H])C1([2H])[2H]. The van der Waals surface area contributed by atoms with Crippen molar-refractivity contribution in [2.24, 2.45) is 0 Å². The van der Waals surface area contributed by atoms with Crippen molar-refractivity contribution < 1.29 is 58.9 Å². The zero-order valence-electron chi connectivity index (χ0n) is 47.3. The van der Waals surface area contributed by atoms with Crippen LogP contribution in [0.25, 0.3) is 22.0 Å². The van der Waals surface area contributed by atoms with Crippen molar-refractivity contribution >= 4 is 28.6 Å². The minimum atomic E-state index is -4.71. The van der Waals surface area contributed by atoms with Gasteiger partial charge in [-0.2, -0.15) is 13.2 Å². The van der Waals surface area contributed by atoms with Crippen molar-refractivity contribution in [3.63, 3.8) is 0 Å². The van der Waals surface area contributed by atoms with Gasteiger partial charge in [-0.1, -0.05) is 54.6 Å². The van der Waals surface area contributed by atoms with Gasteiger partial charge in [-0.3, -0.25) is 9.59 Å². The number of alkyl halides is 3. The van der Waals surface area contributed by atoms with Gasteiger partial charge in [0.25, 0.3) is 0 Å². The summed E-state index contributed by atoms with van der Waals surface area (Å²) >= 11 is -0.402. The number of amides is 1. The highest BCUT2D eigenvalue weighted by atomic mass is 32.2. The maximum Gasteiger partial charge on any atom is 0.416 e. The molecule has 6 rings (SSSR count). The molecule has 1 aliphatic rings. The zero-order valence-corrected chi connectivity index (χ0v) is 28.2. The summed E-state index contributed by atoms with van der Waals surface area (Å²) in [6.45, 7) is -15.0. The summed E-state index contributed by atoms with van der Waals surface area (Å²) in [5, 5.41) is -2.43. The predicted octanol–water partition coefficient (Wildman–Crippen LogP) is 8.71. The second kappa shape index (κ2) is 16.7. The Hall–Kier alpha value is -4.52. The number of hydrogen-bond donors (Lipinski definition) is 0. The molecule has 6 nitrogen and oxygen atoms in total. The summed E-state index contributed by atoms with van der Waals surface area (Å²) in [5.74, 6) is -5.76. The topological polar surface area (TPSA) is 54.8 Å². The van der Waals surface area contributed by atoms with Crippen LogP contribution in [0.2, 0.25) is 0 Å². The lowest BCUT2D eigenvalue weighted by atomic mass is 10.00. The Labute approximate surface area is 337 Å². The molecule has 0 bridgehead atoms. The number of piperidine rings is 1. The maximum atomic E-state index is 15.7. The molecule has 0 atom stereocenters. The fourth-order valence-corrected chi connectivity index (χ4v) is 5.66. The second-order valence-corrected chi connectivity index (χ2v) is 12.0. The largest absolute Gasteiger partial charge is 0.416 e.